The second kappa shape index (κ2) is 8.85. The van der Waals surface area contributed by atoms with Gasteiger partial charge in [0.1, 0.15) is 6.10 Å². The van der Waals surface area contributed by atoms with Gasteiger partial charge in [-0.25, -0.2) is 4.68 Å². The van der Waals surface area contributed by atoms with E-state index in [2.05, 4.69) is 10.4 Å². The Balaban J connectivity index is 1.81. The number of hydrogen-bond donors (Lipinski definition) is 3. The summed E-state index contributed by atoms with van der Waals surface area (Å²) >= 11 is 0. The molecule has 3 rings (SSSR count). The fourth-order valence-electron chi connectivity index (χ4n) is 3.28. The molecule has 3 N–H and O–H groups in total. The van der Waals surface area contributed by atoms with Crippen molar-refractivity contribution in [1.82, 2.24) is 15.1 Å². The van der Waals surface area contributed by atoms with E-state index in [4.69, 9.17) is 0 Å². The van der Waals surface area contributed by atoms with Gasteiger partial charge in [-0.05, 0) is 43.7 Å². The quantitative estimate of drug-likeness (QED) is 0.404. The molecular weight excluding hydrogens is 388 g/mol. The number of aryl methyl sites for hydroxylation is 1. The molecule has 0 radical (unpaired) electrons. The molecule has 2 aromatic carbocycles. The molecule has 0 aliphatic rings. The zero-order valence-corrected chi connectivity index (χ0v) is 16.5. The number of nitro benzene ring substituents is 1. The third-order valence-electron chi connectivity index (χ3n) is 4.86. The molecule has 0 saturated carbocycles. The van der Waals surface area contributed by atoms with Crippen LogP contribution in [0, 0.1) is 24.0 Å². The van der Waals surface area contributed by atoms with Crippen molar-refractivity contribution in [2.45, 2.75) is 26.0 Å². The largest absolute Gasteiger partial charge is 0.394 e. The minimum atomic E-state index is -1.25. The Morgan fingerprint density at radius 2 is 1.80 bits per heavy atom. The van der Waals surface area contributed by atoms with E-state index in [1.54, 1.807) is 18.5 Å². The van der Waals surface area contributed by atoms with Crippen LogP contribution in [0.15, 0.2) is 54.6 Å². The van der Waals surface area contributed by atoms with E-state index < -0.39 is 29.6 Å². The van der Waals surface area contributed by atoms with Crippen LogP contribution in [0.1, 0.15) is 33.4 Å². The summed E-state index contributed by atoms with van der Waals surface area (Å²) in [6, 6.07) is 13.7. The third kappa shape index (κ3) is 4.22. The van der Waals surface area contributed by atoms with E-state index in [0.717, 1.165) is 5.69 Å². The van der Waals surface area contributed by atoms with Crippen LogP contribution in [-0.2, 0) is 0 Å². The molecule has 0 saturated heterocycles. The predicted octanol–water partition coefficient (Wildman–Crippen LogP) is 2.22. The molecule has 1 heterocycles. The van der Waals surface area contributed by atoms with Gasteiger partial charge < -0.3 is 15.5 Å². The molecule has 0 spiro atoms. The standard InChI is InChI=1S/C21H22N4O5/c1-13-19(14(2)24(23-13)16-6-4-3-5-7-16)21(28)22-18(12-26)20(27)15-8-10-17(11-9-15)25(29)30/h3-11,18,20,26-27H,12H2,1-2H3,(H,22,28). The summed E-state index contributed by atoms with van der Waals surface area (Å²) in [6.45, 7) is 2.96. The summed E-state index contributed by atoms with van der Waals surface area (Å²) < 4.78 is 1.66. The Morgan fingerprint density at radius 1 is 1.17 bits per heavy atom. The van der Waals surface area contributed by atoms with Crippen LogP contribution in [0.25, 0.3) is 5.69 Å². The average molecular weight is 410 g/mol. The number of hydrogen-bond acceptors (Lipinski definition) is 6. The number of aliphatic hydroxyl groups excluding tert-OH is 2. The summed E-state index contributed by atoms with van der Waals surface area (Å²) in [5, 5.41) is 38.1. The Labute approximate surface area is 172 Å². The second-order valence-electron chi connectivity index (χ2n) is 6.85. The number of nitrogens with one attached hydrogen (secondary N) is 1. The SMILES string of the molecule is Cc1nn(-c2ccccc2)c(C)c1C(=O)NC(CO)C(O)c1ccc([N+](=O)[O-])cc1. The van der Waals surface area contributed by atoms with Crippen molar-refractivity contribution in [1.29, 1.82) is 0 Å². The maximum absolute atomic E-state index is 12.9. The lowest BCUT2D eigenvalue weighted by atomic mass is 10.0. The smallest absolute Gasteiger partial charge is 0.269 e. The summed E-state index contributed by atoms with van der Waals surface area (Å²) in [5.41, 5.74) is 2.52. The highest BCUT2D eigenvalue weighted by Gasteiger charge is 2.26. The van der Waals surface area contributed by atoms with Gasteiger partial charge >= 0.3 is 0 Å². The molecule has 1 aromatic heterocycles. The molecule has 0 bridgehead atoms. The Bertz CT molecular complexity index is 1050. The molecule has 0 fully saturated rings. The highest BCUT2D eigenvalue weighted by molar-refractivity contribution is 5.96. The Morgan fingerprint density at radius 3 is 2.37 bits per heavy atom. The van der Waals surface area contributed by atoms with Gasteiger partial charge in [0, 0.05) is 12.1 Å². The van der Waals surface area contributed by atoms with Crippen molar-refractivity contribution in [2.24, 2.45) is 0 Å². The molecule has 9 heteroatoms. The van der Waals surface area contributed by atoms with E-state index in [-0.39, 0.29) is 5.69 Å². The molecule has 3 aromatic rings. The summed E-state index contributed by atoms with van der Waals surface area (Å²) in [6.07, 6.45) is -1.25. The predicted molar refractivity (Wildman–Crippen MR) is 109 cm³/mol. The number of rotatable bonds is 7. The zero-order valence-electron chi connectivity index (χ0n) is 16.5. The minimum Gasteiger partial charge on any atom is -0.394 e. The van der Waals surface area contributed by atoms with E-state index in [0.29, 0.717) is 22.5 Å². The van der Waals surface area contributed by atoms with Gasteiger partial charge in [-0.3, -0.25) is 14.9 Å². The highest BCUT2D eigenvalue weighted by atomic mass is 16.6. The fraction of sp³-hybridized carbons (Fsp3) is 0.238. The number of non-ortho nitro benzene ring substituents is 1. The summed E-state index contributed by atoms with van der Waals surface area (Å²) in [7, 11) is 0. The van der Waals surface area contributed by atoms with Gasteiger partial charge in [-0.15, -0.1) is 0 Å². The van der Waals surface area contributed by atoms with Crippen LogP contribution < -0.4 is 5.32 Å². The van der Waals surface area contributed by atoms with E-state index in [1.165, 1.54) is 24.3 Å². The normalized spacial score (nSPS) is 12.9. The van der Waals surface area contributed by atoms with Crippen LogP contribution in [-0.4, -0.2) is 43.5 Å². The first-order chi connectivity index (χ1) is 14.3. The molecule has 2 atom stereocenters. The van der Waals surface area contributed by atoms with Crippen LogP contribution >= 0.6 is 0 Å². The van der Waals surface area contributed by atoms with E-state index in [1.807, 2.05) is 30.3 Å². The van der Waals surface area contributed by atoms with Crippen LogP contribution in [0.5, 0.6) is 0 Å². The summed E-state index contributed by atoms with van der Waals surface area (Å²) in [5.74, 6) is -0.479. The average Bonchev–Trinajstić information content (AvgIpc) is 3.06. The lowest BCUT2D eigenvalue weighted by molar-refractivity contribution is -0.384. The van der Waals surface area contributed by atoms with Gasteiger partial charge in [0.15, 0.2) is 0 Å². The van der Waals surface area contributed by atoms with Crippen LogP contribution in [0.4, 0.5) is 5.69 Å². The second-order valence-corrected chi connectivity index (χ2v) is 6.85. The van der Waals surface area contributed by atoms with Gasteiger partial charge in [0.25, 0.3) is 11.6 Å². The fourth-order valence-corrected chi connectivity index (χ4v) is 3.28. The van der Waals surface area contributed by atoms with Gasteiger partial charge in [0.05, 0.1) is 40.2 Å². The molecule has 2 unspecified atom stereocenters. The zero-order chi connectivity index (χ0) is 21.8. The van der Waals surface area contributed by atoms with E-state index in [9.17, 15) is 25.1 Å². The molecule has 0 aliphatic heterocycles. The van der Waals surface area contributed by atoms with Crippen molar-refractivity contribution < 1.29 is 19.9 Å². The van der Waals surface area contributed by atoms with Gasteiger partial charge in [0.2, 0.25) is 0 Å². The van der Waals surface area contributed by atoms with Gasteiger partial charge in [-0.1, -0.05) is 18.2 Å². The number of benzene rings is 2. The first-order valence-corrected chi connectivity index (χ1v) is 9.29. The monoisotopic (exact) mass is 410 g/mol. The third-order valence-corrected chi connectivity index (χ3v) is 4.86. The Hall–Kier alpha value is -3.56. The van der Waals surface area contributed by atoms with Crippen molar-refractivity contribution in [3.05, 3.63) is 87.2 Å². The van der Waals surface area contributed by atoms with Crippen molar-refractivity contribution in [3.63, 3.8) is 0 Å². The number of carbonyl (C=O) groups is 1. The number of para-hydroxylation sites is 1. The van der Waals surface area contributed by atoms with Gasteiger partial charge in [-0.2, -0.15) is 5.10 Å². The molecule has 30 heavy (non-hydrogen) atoms. The number of nitro groups is 1. The molecule has 1 amide bonds. The van der Waals surface area contributed by atoms with E-state index >= 15 is 0 Å². The number of nitrogens with zero attached hydrogens (tertiary/aromatic N) is 3. The first kappa shape index (κ1) is 21.2. The lowest BCUT2D eigenvalue weighted by Gasteiger charge is -2.22. The maximum atomic E-state index is 12.9. The Kier molecular flexibility index (Phi) is 6.24. The molecular formula is C21H22N4O5. The van der Waals surface area contributed by atoms with Crippen molar-refractivity contribution in [2.75, 3.05) is 6.61 Å². The summed E-state index contributed by atoms with van der Waals surface area (Å²) in [4.78, 5) is 23.1. The minimum absolute atomic E-state index is 0.116. The number of amides is 1. The topological polar surface area (TPSA) is 131 Å². The van der Waals surface area contributed by atoms with Crippen LogP contribution in [0.2, 0.25) is 0 Å². The number of aliphatic hydroxyl groups is 2. The van der Waals surface area contributed by atoms with Crippen molar-refractivity contribution >= 4 is 11.6 Å². The number of carbonyl (C=O) groups excluding carboxylic acids is 1. The maximum Gasteiger partial charge on any atom is 0.269 e. The molecule has 156 valence electrons. The molecule has 9 nitrogen and oxygen atoms in total. The number of aromatic nitrogens is 2. The highest BCUT2D eigenvalue weighted by Crippen LogP contribution is 2.22. The van der Waals surface area contributed by atoms with Crippen molar-refractivity contribution in [3.8, 4) is 5.69 Å². The molecule has 0 aliphatic carbocycles. The lowest BCUT2D eigenvalue weighted by Crippen LogP contribution is -2.42. The van der Waals surface area contributed by atoms with Crippen LogP contribution in [0.3, 0.4) is 0 Å². The first-order valence-electron chi connectivity index (χ1n) is 9.29.